The zero-order valence-corrected chi connectivity index (χ0v) is 9.44. The zero-order valence-electron chi connectivity index (χ0n) is 9.44. The van der Waals surface area contributed by atoms with Crippen LogP contribution in [0.25, 0.3) is 0 Å². The highest BCUT2D eigenvalue weighted by atomic mass is 19.1. The van der Waals surface area contributed by atoms with Crippen LogP contribution < -0.4 is 0 Å². The van der Waals surface area contributed by atoms with Crippen molar-refractivity contribution in [2.75, 3.05) is 13.1 Å². The molecular formula is C12H20FN. The summed E-state index contributed by atoms with van der Waals surface area (Å²) in [5, 5.41) is 0. The third-order valence-electron chi connectivity index (χ3n) is 4.09. The number of hydrogen-bond donors (Lipinski definition) is 0. The summed E-state index contributed by atoms with van der Waals surface area (Å²) >= 11 is 0. The van der Waals surface area contributed by atoms with Crippen molar-refractivity contribution in [1.29, 1.82) is 0 Å². The quantitative estimate of drug-likeness (QED) is 0.576. The summed E-state index contributed by atoms with van der Waals surface area (Å²) in [5.74, 6) is 0. The van der Waals surface area contributed by atoms with E-state index in [-0.39, 0.29) is 11.0 Å². The fraction of sp³-hybridized carbons (Fsp3) is 0.833. The fourth-order valence-electron chi connectivity index (χ4n) is 3.23. The van der Waals surface area contributed by atoms with E-state index in [0.29, 0.717) is 0 Å². The Morgan fingerprint density at radius 1 is 1.43 bits per heavy atom. The summed E-state index contributed by atoms with van der Waals surface area (Å²) in [6, 6.07) is 0. The van der Waals surface area contributed by atoms with Gasteiger partial charge in [-0.3, -0.25) is 4.90 Å². The molecule has 0 spiro atoms. The van der Waals surface area contributed by atoms with Crippen LogP contribution >= 0.6 is 0 Å². The van der Waals surface area contributed by atoms with Gasteiger partial charge in [0.1, 0.15) is 0 Å². The molecule has 2 heterocycles. The van der Waals surface area contributed by atoms with Gasteiger partial charge < -0.3 is 0 Å². The van der Waals surface area contributed by atoms with Crippen molar-refractivity contribution in [3.8, 4) is 0 Å². The monoisotopic (exact) mass is 197 g/mol. The summed E-state index contributed by atoms with van der Waals surface area (Å²) in [5.41, 5.74) is 1.48. The Kier molecular flexibility index (Phi) is 2.22. The first kappa shape index (κ1) is 10.2. The summed E-state index contributed by atoms with van der Waals surface area (Å²) in [7, 11) is 0. The minimum atomic E-state index is 0.241. The molecule has 14 heavy (non-hydrogen) atoms. The molecule has 80 valence electrons. The molecule has 0 N–H and O–H groups in total. The Hall–Kier alpha value is -0.370. The van der Waals surface area contributed by atoms with Crippen LogP contribution in [0.1, 0.15) is 40.0 Å². The van der Waals surface area contributed by atoms with Crippen LogP contribution in [0.15, 0.2) is 11.9 Å². The molecule has 1 atom stereocenters. The predicted octanol–water partition coefficient (Wildman–Crippen LogP) is 3.12. The number of nitrogens with zero attached hydrogens (tertiary/aromatic N) is 1. The standard InChI is InChI=1S/C12H20FN/c1-11(2,3)12-5-4-6-14(12)9-10(7-12)8-13/h8H,4-7,9H2,1-3H3/b10-8-. The highest BCUT2D eigenvalue weighted by Gasteiger charge is 2.53. The lowest BCUT2D eigenvalue weighted by Crippen LogP contribution is -2.48. The molecule has 0 bridgehead atoms. The Morgan fingerprint density at radius 3 is 2.64 bits per heavy atom. The first-order chi connectivity index (χ1) is 6.49. The second-order valence-electron chi connectivity index (χ2n) is 5.75. The maximum absolute atomic E-state index is 12.6. The summed E-state index contributed by atoms with van der Waals surface area (Å²) in [6.45, 7) is 8.86. The van der Waals surface area contributed by atoms with Gasteiger partial charge in [0.15, 0.2) is 0 Å². The number of halogens is 1. The Labute approximate surface area is 86.0 Å². The van der Waals surface area contributed by atoms with Gasteiger partial charge in [0.25, 0.3) is 0 Å². The van der Waals surface area contributed by atoms with Crippen molar-refractivity contribution in [3.05, 3.63) is 11.9 Å². The van der Waals surface area contributed by atoms with Crippen LogP contribution in [0.5, 0.6) is 0 Å². The third-order valence-corrected chi connectivity index (χ3v) is 4.09. The normalized spacial score (nSPS) is 36.7. The van der Waals surface area contributed by atoms with Gasteiger partial charge in [-0.1, -0.05) is 20.8 Å². The van der Waals surface area contributed by atoms with Crippen molar-refractivity contribution in [1.82, 2.24) is 4.90 Å². The molecule has 0 aliphatic carbocycles. The van der Waals surface area contributed by atoms with Gasteiger partial charge in [0.2, 0.25) is 0 Å². The number of hydrogen-bond acceptors (Lipinski definition) is 1. The molecule has 0 radical (unpaired) electrons. The van der Waals surface area contributed by atoms with Crippen molar-refractivity contribution < 1.29 is 4.39 Å². The van der Waals surface area contributed by atoms with E-state index in [9.17, 15) is 4.39 Å². The van der Waals surface area contributed by atoms with Gasteiger partial charge in [-0.2, -0.15) is 0 Å². The van der Waals surface area contributed by atoms with Crippen molar-refractivity contribution in [3.63, 3.8) is 0 Å². The maximum atomic E-state index is 12.6. The molecule has 2 heteroatoms. The molecule has 2 rings (SSSR count). The van der Waals surface area contributed by atoms with E-state index in [0.717, 1.165) is 31.4 Å². The van der Waals surface area contributed by atoms with Gasteiger partial charge in [-0.15, -0.1) is 0 Å². The molecule has 0 saturated carbocycles. The molecule has 2 aliphatic heterocycles. The molecule has 2 saturated heterocycles. The molecule has 0 aromatic rings. The van der Waals surface area contributed by atoms with Crippen molar-refractivity contribution in [2.45, 2.75) is 45.6 Å². The van der Waals surface area contributed by atoms with Crippen LogP contribution in [-0.4, -0.2) is 23.5 Å². The SMILES string of the molecule is CC(C)(C)C12CCCN1C/C(=C\F)C2. The largest absolute Gasteiger partial charge is 0.293 e. The smallest absolute Gasteiger partial charge is 0.0872 e. The first-order valence-corrected chi connectivity index (χ1v) is 5.53. The van der Waals surface area contributed by atoms with E-state index in [1.54, 1.807) is 0 Å². The Bertz CT molecular complexity index is 264. The first-order valence-electron chi connectivity index (χ1n) is 5.53. The van der Waals surface area contributed by atoms with Crippen LogP contribution in [0, 0.1) is 5.41 Å². The predicted molar refractivity (Wildman–Crippen MR) is 56.8 cm³/mol. The summed E-state index contributed by atoms with van der Waals surface area (Å²) in [6.07, 6.45) is 4.27. The average Bonchev–Trinajstić information content (AvgIpc) is 2.56. The molecule has 0 amide bonds. The molecule has 2 aliphatic rings. The molecule has 1 nitrogen and oxygen atoms in total. The fourth-order valence-corrected chi connectivity index (χ4v) is 3.23. The topological polar surface area (TPSA) is 3.24 Å². The van der Waals surface area contributed by atoms with Gasteiger partial charge in [-0.25, -0.2) is 4.39 Å². The molecule has 0 aromatic carbocycles. The average molecular weight is 197 g/mol. The van der Waals surface area contributed by atoms with Crippen LogP contribution in [0.2, 0.25) is 0 Å². The van der Waals surface area contributed by atoms with Crippen LogP contribution in [-0.2, 0) is 0 Å². The van der Waals surface area contributed by atoms with Gasteiger partial charge >= 0.3 is 0 Å². The number of rotatable bonds is 0. The molecule has 1 unspecified atom stereocenters. The Balaban J connectivity index is 2.32. The van der Waals surface area contributed by atoms with E-state index < -0.39 is 0 Å². The highest BCUT2D eigenvalue weighted by molar-refractivity contribution is 5.21. The zero-order chi connectivity index (χ0) is 10.4. The number of fused-ring (bicyclic) bond motifs is 1. The molecule has 0 aromatic heterocycles. The van der Waals surface area contributed by atoms with Gasteiger partial charge in [0, 0.05) is 12.1 Å². The van der Waals surface area contributed by atoms with Crippen LogP contribution in [0.3, 0.4) is 0 Å². The Morgan fingerprint density at radius 2 is 2.14 bits per heavy atom. The minimum absolute atomic E-state index is 0.241. The van der Waals surface area contributed by atoms with E-state index >= 15 is 0 Å². The van der Waals surface area contributed by atoms with E-state index in [1.165, 1.54) is 12.8 Å². The van der Waals surface area contributed by atoms with Gasteiger partial charge in [0.05, 0.1) is 6.33 Å². The highest BCUT2D eigenvalue weighted by Crippen LogP contribution is 2.51. The third kappa shape index (κ3) is 1.23. The van der Waals surface area contributed by atoms with E-state index in [1.807, 2.05) is 0 Å². The molecular weight excluding hydrogens is 177 g/mol. The lowest BCUT2D eigenvalue weighted by molar-refractivity contribution is 0.0644. The summed E-state index contributed by atoms with van der Waals surface area (Å²) in [4.78, 5) is 2.48. The lowest BCUT2D eigenvalue weighted by atomic mass is 9.71. The van der Waals surface area contributed by atoms with E-state index in [4.69, 9.17) is 0 Å². The maximum Gasteiger partial charge on any atom is 0.0872 e. The second-order valence-corrected chi connectivity index (χ2v) is 5.75. The van der Waals surface area contributed by atoms with E-state index in [2.05, 4.69) is 25.7 Å². The van der Waals surface area contributed by atoms with Gasteiger partial charge in [-0.05, 0) is 36.8 Å². The lowest BCUT2D eigenvalue weighted by Gasteiger charge is -2.43. The minimum Gasteiger partial charge on any atom is -0.293 e. The summed E-state index contributed by atoms with van der Waals surface area (Å²) < 4.78 is 12.6. The van der Waals surface area contributed by atoms with Crippen molar-refractivity contribution >= 4 is 0 Å². The van der Waals surface area contributed by atoms with Crippen molar-refractivity contribution in [2.24, 2.45) is 5.41 Å². The van der Waals surface area contributed by atoms with Crippen LogP contribution in [0.4, 0.5) is 4.39 Å². The second kappa shape index (κ2) is 3.06. The molecule has 2 fully saturated rings.